The highest BCUT2D eigenvalue weighted by Crippen LogP contribution is 2.34. The molecule has 252 valence electrons. The Hall–Kier alpha value is -0.930. The molecule has 0 aromatic rings. The fourth-order valence-corrected chi connectivity index (χ4v) is 6.74. The molecule has 3 rings (SSSR count). The maximum atomic E-state index is 12.8. The number of hydrogen-bond donors (Lipinski definition) is 7. The summed E-state index contributed by atoms with van der Waals surface area (Å²) in [7, 11) is 0. The van der Waals surface area contributed by atoms with Gasteiger partial charge in [-0.3, -0.25) is 4.79 Å². The first kappa shape index (κ1) is 36.5. The summed E-state index contributed by atoms with van der Waals surface area (Å²) in [6.07, 6.45) is -2.41. The van der Waals surface area contributed by atoms with E-state index in [0.29, 0.717) is 12.5 Å². The number of amides is 1. The second-order valence-electron chi connectivity index (χ2n) is 12.7. The highest BCUT2D eigenvalue weighted by atomic mass is 16.8. The Bertz CT molecular complexity index is 821. The largest absolute Gasteiger partial charge is 0.394 e. The van der Waals surface area contributed by atoms with Crippen molar-refractivity contribution in [3.05, 3.63) is 0 Å². The van der Waals surface area contributed by atoms with E-state index >= 15 is 0 Å². The molecule has 0 aromatic heterocycles. The van der Waals surface area contributed by atoms with Gasteiger partial charge in [-0.05, 0) is 57.3 Å². The number of hydrogen-bond acceptors (Lipinski definition) is 11. The molecule has 14 atom stereocenters. The lowest BCUT2D eigenvalue weighted by Gasteiger charge is -2.47. The monoisotopic (exact) mass is 618 g/mol. The third-order valence-electron chi connectivity index (χ3n) is 9.89. The molecule has 3 heterocycles. The predicted octanol–water partition coefficient (Wildman–Crippen LogP) is 0.929. The van der Waals surface area contributed by atoms with Gasteiger partial charge in [0.1, 0.15) is 30.5 Å². The van der Waals surface area contributed by atoms with Gasteiger partial charge in [0, 0.05) is 12.5 Å². The zero-order chi connectivity index (χ0) is 31.7. The number of nitrogens with two attached hydrogens (primary N) is 1. The Morgan fingerprint density at radius 2 is 1.58 bits per heavy atom. The Kier molecular flexibility index (Phi) is 15.0. The summed E-state index contributed by atoms with van der Waals surface area (Å²) in [6.45, 7) is 8.10. The van der Waals surface area contributed by atoms with Crippen LogP contribution < -0.4 is 11.1 Å². The molecule has 3 aliphatic heterocycles. The van der Waals surface area contributed by atoms with Crippen molar-refractivity contribution >= 4 is 5.91 Å². The number of rotatable bonds is 8. The molecule has 12 nitrogen and oxygen atoms in total. The maximum absolute atomic E-state index is 12.8. The van der Waals surface area contributed by atoms with Crippen molar-refractivity contribution in [1.82, 2.24) is 5.32 Å². The number of carbonyl (C=O) groups excluding carboxylic acids is 1. The van der Waals surface area contributed by atoms with Gasteiger partial charge in [0.05, 0.1) is 31.0 Å². The SMILES string of the molecule is CCC1CCCC(CC)C(=O)NCCCC(CC)C(O[C@H]2O[C@H](C)[C@@H](O)[C@H](N)[C@@H]2O[C@H]2O[C@H](CO)[C@@H](O)[C@H](O)[C@H]2O)CC1. The number of ether oxygens (including phenoxy) is 4. The smallest absolute Gasteiger partial charge is 0.223 e. The predicted molar refractivity (Wildman–Crippen MR) is 159 cm³/mol. The standard InChI is InChI=1S/C31H58N2O10/c1-5-18-10-8-11-20(7-3)29(39)33-15-9-12-19(6-2)21(14-13-18)41-31-28(23(32)24(35)17(4)40-31)43-30-27(38)26(37)25(36)22(16-34)42-30/h17-28,30-31,34-38H,5-16,32H2,1-4H3,(H,33,39)/t17-,18?,19?,20?,21?,22-,23+,24-,25-,26+,27-,28+,30-,31-/m1/s1. The van der Waals surface area contributed by atoms with Gasteiger partial charge in [-0.15, -0.1) is 0 Å². The molecule has 0 bridgehead atoms. The summed E-state index contributed by atoms with van der Waals surface area (Å²) in [5.41, 5.74) is 6.44. The summed E-state index contributed by atoms with van der Waals surface area (Å²) >= 11 is 0. The molecule has 0 saturated carbocycles. The lowest BCUT2D eigenvalue weighted by atomic mass is 9.85. The molecule has 3 saturated heterocycles. The van der Waals surface area contributed by atoms with Crippen molar-refractivity contribution in [2.75, 3.05) is 13.2 Å². The second kappa shape index (κ2) is 17.7. The van der Waals surface area contributed by atoms with Crippen molar-refractivity contribution in [2.24, 2.45) is 23.5 Å². The van der Waals surface area contributed by atoms with E-state index in [4.69, 9.17) is 24.7 Å². The van der Waals surface area contributed by atoms with Crippen LogP contribution >= 0.6 is 0 Å². The second-order valence-corrected chi connectivity index (χ2v) is 12.7. The van der Waals surface area contributed by atoms with E-state index in [9.17, 15) is 30.3 Å². The zero-order valence-corrected chi connectivity index (χ0v) is 26.4. The van der Waals surface area contributed by atoms with Crippen molar-refractivity contribution in [3.63, 3.8) is 0 Å². The zero-order valence-electron chi connectivity index (χ0n) is 26.4. The van der Waals surface area contributed by atoms with Gasteiger partial charge >= 0.3 is 0 Å². The Morgan fingerprint density at radius 3 is 2.23 bits per heavy atom. The lowest BCUT2D eigenvalue weighted by molar-refractivity contribution is -0.357. The van der Waals surface area contributed by atoms with Gasteiger partial charge in [0.15, 0.2) is 12.6 Å². The van der Waals surface area contributed by atoms with Crippen LogP contribution in [-0.2, 0) is 23.7 Å². The van der Waals surface area contributed by atoms with E-state index in [-0.39, 0.29) is 23.8 Å². The molecular formula is C31H58N2O10. The van der Waals surface area contributed by atoms with E-state index in [1.807, 2.05) is 0 Å². The minimum absolute atomic E-state index is 0.0594. The van der Waals surface area contributed by atoms with Crippen molar-refractivity contribution in [1.29, 1.82) is 0 Å². The minimum Gasteiger partial charge on any atom is -0.394 e. The van der Waals surface area contributed by atoms with Gasteiger partial charge < -0.3 is 55.5 Å². The van der Waals surface area contributed by atoms with Crippen molar-refractivity contribution in [3.8, 4) is 0 Å². The molecule has 8 N–H and O–H groups in total. The first-order valence-corrected chi connectivity index (χ1v) is 16.5. The van der Waals surface area contributed by atoms with Crippen LogP contribution in [0.4, 0.5) is 0 Å². The van der Waals surface area contributed by atoms with Crippen LogP contribution in [0.5, 0.6) is 0 Å². The summed E-state index contributed by atoms with van der Waals surface area (Å²) in [5, 5.41) is 54.6. The number of aliphatic hydroxyl groups excluding tert-OH is 5. The van der Waals surface area contributed by atoms with Crippen LogP contribution in [0.3, 0.4) is 0 Å². The molecular weight excluding hydrogens is 560 g/mol. The Morgan fingerprint density at radius 1 is 0.837 bits per heavy atom. The average Bonchev–Trinajstić information content (AvgIpc) is 3.00. The molecule has 4 unspecified atom stereocenters. The summed E-state index contributed by atoms with van der Waals surface area (Å²) in [6, 6.07) is -0.968. The van der Waals surface area contributed by atoms with Crippen molar-refractivity contribution < 1.29 is 49.3 Å². The number of aliphatic hydroxyl groups is 5. The summed E-state index contributed by atoms with van der Waals surface area (Å²) in [4.78, 5) is 12.8. The van der Waals surface area contributed by atoms with Crippen LogP contribution in [0.15, 0.2) is 0 Å². The van der Waals surface area contributed by atoms with E-state index in [2.05, 4.69) is 26.1 Å². The first-order valence-electron chi connectivity index (χ1n) is 16.5. The van der Waals surface area contributed by atoms with Crippen LogP contribution in [0.25, 0.3) is 0 Å². The molecule has 3 fully saturated rings. The van der Waals surface area contributed by atoms with Crippen LogP contribution in [0.2, 0.25) is 0 Å². The molecule has 12 heteroatoms. The quantitative estimate of drug-likeness (QED) is 0.205. The van der Waals surface area contributed by atoms with E-state index in [1.165, 1.54) is 0 Å². The van der Waals surface area contributed by atoms with Crippen LogP contribution in [0.1, 0.15) is 91.9 Å². The van der Waals surface area contributed by atoms with Crippen LogP contribution in [0, 0.1) is 17.8 Å². The van der Waals surface area contributed by atoms with E-state index < -0.39 is 68.0 Å². The number of nitrogens with one attached hydrogen (secondary N) is 1. The van der Waals surface area contributed by atoms with Gasteiger partial charge in [-0.25, -0.2) is 0 Å². The van der Waals surface area contributed by atoms with Gasteiger partial charge in [-0.2, -0.15) is 0 Å². The maximum Gasteiger partial charge on any atom is 0.223 e. The molecule has 3 aliphatic rings. The Labute approximate surface area is 256 Å². The summed E-state index contributed by atoms with van der Waals surface area (Å²) in [5.74, 6) is 0.848. The topological polar surface area (TPSA) is 193 Å². The fourth-order valence-electron chi connectivity index (χ4n) is 6.74. The molecule has 0 aromatic carbocycles. The van der Waals surface area contributed by atoms with E-state index in [0.717, 1.165) is 64.2 Å². The van der Waals surface area contributed by atoms with Gasteiger partial charge in [0.25, 0.3) is 0 Å². The average molecular weight is 619 g/mol. The molecule has 1 amide bonds. The summed E-state index contributed by atoms with van der Waals surface area (Å²) < 4.78 is 24.5. The molecule has 0 radical (unpaired) electrons. The normalized spacial score (nSPS) is 44.4. The molecule has 0 aliphatic carbocycles. The highest BCUT2D eigenvalue weighted by Gasteiger charge is 2.50. The van der Waals surface area contributed by atoms with Crippen molar-refractivity contribution in [2.45, 2.75) is 159 Å². The third-order valence-corrected chi connectivity index (χ3v) is 9.89. The first-order chi connectivity index (χ1) is 20.6. The van der Waals surface area contributed by atoms with Gasteiger partial charge in [-0.1, -0.05) is 46.5 Å². The number of carbonyl (C=O) groups is 1. The van der Waals surface area contributed by atoms with Gasteiger partial charge in [0.2, 0.25) is 5.91 Å². The van der Waals surface area contributed by atoms with E-state index in [1.54, 1.807) is 6.92 Å². The highest BCUT2D eigenvalue weighted by molar-refractivity contribution is 5.78. The molecule has 0 spiro atoms. The van der Waals surface area contributed by atoms with Crippen LogP contribution in [-0.4, -0.2) is 112 Å². The minimum atomic E-state index is -1.63. The lowest BCUT2D eigenvalue weighted by Crippen LogP contribution is -2.66. The fraction of sp³-hybridized carbons (Fsp3) is 0.968. The third kappa shape index (κ3) is 9.54. The Balaban J connectivity index is 1.81. The molecule has 43 heavy (non-hydrogen) atoms.